The van der Waals surface area contributed by atoms with Gasteiger partial charge in [0.25, 0.3) is 0 Å². The summed E-state index contributed by atoms with van der Waals surface area (Å²) in [7, 11) is 1.33. The van der Waals surface area contributed by atoms with Gasteiger partial charge >= 0.3 is 12.0 Å². The molecule has 0 fully saturated rings. The average Bonchev–Trinajstić information content (AvgIpc) is 2.61. The van der Waals surface area contributed by atoms with Crippen LogP contribution in [-0.4, -0.2) is 31.8 Å². The highest BCUT2D eigenvalue weighted by atomic mass is 16.5. The third-order valence-corrected chi connectivity index (χ3v) is 4.05. The van der Waals surface area contributed by atoms with Crippen molar-refractivity contribution in [1.29, 1.82) is 0 Å². The number of amides is 2. The number of urea groups is 1. The summed E-state index contributed by atoms with van der Waals surface area (Å²) in [5, 5.41) is 5.54. The molecule has 1 heterocycles. The molecule has 0 saturated carbocycles. The highest BCUT2D eigenvalue weighted by molar-refractivity contribution is 5.95. The number of hydrogen-bond donors (Lipinski definition) is 2. The normalized spacial score (nSPS) is 16.9. The van der Waals surface area contributed by atoms with Crippen LogP contribution in [0, 0.1) is 5.92 Å². The zero-order valence-electron chi connectivity index (χ0n) is 16.7. The second kappa shape index (κ2) is 8.79. The molecule has 1 aliphatic rings. The Bertz CT molecular complexity index is 740. The van der Waals surface area contributed by atoms with Crippen LogP contribution in [-0.2, 0) is 9.53 Å². The molecule has 0 aliphatic carbocycles. The zero-order chi connectivity index (χ0) is 20.1. The lowest BCUT2D eigenvalue weighted by molar-refractivity contribution is -0.136. The molecule has 0 aromatic heterocycles. The summed E-state index contributed by atoms with van der Waals surface area (Å²) in [6.07, 6.45) is -0.00768. The summed E-state index contributed by atoms with van der Waals surface area (Å²) >= 11 is 0. The number of benzene rings is 1. The van der Waals surface area contributed by atoms with Crippen molar-refractivity contribution >= 4 is 12.0 Å². The Balaban J connectivity index is 2.55. The molecule has 27 heavy (non-hydrogen) atoms. The first-order valence-corrected chi connectivity index (χ1v) is 9.11. The molecule has 148 valence electrons. The third-order valence-electron chi connectivity index (χ3n) is 4.05. The van der Waals surface area contributed by atoms with Crippen LogP contribution < -0.4 is 20.1 Å². The number of allylic oxidation sites excluding steroid dienone is 1. The van der Waals surface area contributed by atoms with Gasteiger partial charge in [0.05, 0.1) is 31.4 Å². The fourth-order valence-electron chi connectivity index (χ4n) is 2.95. The van der Waals surface area contributed by atoms with Gasteiger partial charge in [0.1, 0.15) is 0 Å². The van der Waals surface area contributed by atoms with Gasteiger partial charge in [-0.05, 0) is 44.4 Å². The number of carbonyl (C=O) groups excluding carboxylic acids is 2. The lowest BCUT2D eigenvalue weighted by Crippen LogP contribution is -2.47. The van der Waals surface area contributed by atoms with Gasteiger partial charge in [0, 0.05) is 5.70 Å². The summed E-state index contributed by atoms with van der Waals surface area (Å²) in [5.41, 5.74) is 1.64. The molecule has 1 unspecified atom stereocenters. The topological polar surface area (TPSA) is 85.9 Å². The van der Waals surface area contributed by atoms with Gasteiger partial charge in [-0.3, -0.25) is 0 Å². The van der Waals surface area contributed by atoms with Crippen LogP contribution >= 0.6 is 0 Å². The Morgan fingerprint density at radius 2 is 1.89 bits per heavy atom. The van der Waals surface area contributed by atoms with Gasteiger partial charge in [-0.2, -0.15) is 0 Å². The van der Waals surface area contributed by atoms with E-state index in [0.717, 1.165) is 0 Å². The molecule has 2 rings (SSSR count). The van der Waals surface area contributed by atoms with Crippen molar-refractivity contribution in [1.82, 2.24) is 10.6 Å². The number of carbonyl (C=O) groups is 2. The standard InChI is InChI=1S/C20H28N2O5/c1-7-26-15-10-13(8-9-14(15)27-12(4)5)18-16(19(23)25-6)17(11(2)3)21-20(24)22-18/h8-12,18H,7H2,1-6H3,(H2,21,22,24). The fourth-order valence-corrected chi connectivity index (χ4v) is 2.95. The molecular weight excluding hydrogens is 348 g/mol. The largest absolute Gasteiger partial charge is 0.490 e. The summed E-state index contributed by atoms with van der Waals surface area (Å²) in [6, 6.07) is 4.39. The summed E-state index contributed by atoms with van der Waals surface area (Å²) in [4.78, 5) is 24.6. The second-order valence-electron chi connectivity index (χ2n) is 6.81. The first-order chi connectivity index (χ1) is 12.8. The molecule has 0 bridgehead atoms. The van der Waals surface area contributed by atoms with E-state index in [-0.39, 0.29) is 18.1 Å². The maximum absolute atomic E-state index is 12.5. The van der Waals surface area contributed by atoms with E-state index < -0.39 is 12.0 Å². The first kappa shape index (κ1) is 20.6. The van der Waals surface area contributed by atoms with Gasteiger partial charge in [-0.25, -0.2) is 9.59 Å². The summed E-state index contributed by atoms with van der Waals surface area (Å²) in [6.45, 7) is 10.0. The van der Waals surface area contributed by atoms with Crippen LogP contribution in [0.3, 0.4) is 0 Å². The summed E-state index contributed by atoms with van der Waals surface area (Å²) < 4.78 is 16.5. The number of ether oxygens (including phenoxy) is 3. The fraction of sp³-hybridized carbons (Fsp3) is 0.500. The lowest BCUT2D eigenvalue weighted by atomic mass is 9.91. The number of methoxy groups -OCH3 is 1. The van der Waals surface area contributed by atoms with Crippen LogP contribution in [0.2, 0.25) is 0 Å². The molecular formula is C20H28N2O5. The van der Waals surface area contributed by atoms with E-state index in [1.807, 2.05) is 40.7 Å². The van der Waals surface area contributed by atoms with Crippen LogP contribution in [0.4, 0.5) is 4.79 Å². The average molecular weight is 376 g/mol. The van der Waals surface area contributed by atoms with Crippen LogP contribution in [0.5, 0.6) is 11.5 Å². The second-order valence-corrected chi connectivity index (χ2v) is 6.81. The van der Waals surface area contributed by atoms with E-state index >= 15 is 0 Å². The van der Waals surface area contributed by atoms with Gasteiger partial charge in [0.15, 0.2) is 11.5 Å². The Kier molecular flexibility index (Phi) is 6.71. The van der Waals surface area contributed by atoms with Crippen molar-refractivity contribution in [2.45, 2.75) is 46.8 Å². The molecule has 1 atom stereocenters. The molecule has 1 aromatic rings. The van der Waals surface area contributed by atoms with E-state index in [1.54, 1.807) is 12.1 Å². The number of nitrogens with one attached hydrogen (secondary N) is 2. The minimum Gasteiger partial charge on any atom is -0.490 e. The van der Waals surface area contributed by atoms with E-state index in [1.165, 1.54) is 7.11 Å². The molecule has 1 aromatic carbocycles. The monoisotopic (exact) mass is 376 g/mol. The van der Waals surface area contributed by atoms with Crippen LogP contribution in [0.1, 0.15) is 46.2 Å². The van der Waals surface area contributed by atoms with Gasteiger partial charge < -0.3 is 24.8 Å². The molecule has 0 saturated heterocycles. The zero-order valence-corrected chi connectivity index (χ0v) is 16.7. The minimum atomic E-state index is -0.643. The molecule has 7 nitrogen and oxygen atoms in total. The quantitative estimate of drug-likeness (QED) is 0.713. The molecule has 2 amide bonds. The number of esters is 1. The van der Waals surface area contributed by atoms with Crippen LogP contribution in [0.25, 0.3) is 0 Å². The Morgan fingerprint density at radius 3 is 2.44 bits per heavy atom. The van der Waals surface area contributed by atoms with Crippen molar-refractivity contribution in [2.75, 3.05) is 13.7 Å². The van der Waals surface area contributed by atoms with E-state index in [2.05, 4.69) is 10.6 Å². The van der Waals surface area contributed by atoms with Gasteiger partial charge in [0.2, 0.25) is 0 Å². The highest BCUT2D eigenvalue weighted by Gasteiger charge is 2.34. The molecule has 0 spiro atoms. The first-order valence-electron chi connectivity index (χ1n) is 9.11. The van der Waals surface area contributed by atoms with Crippen molar-refractivity contribution in [3.8, 4) is 11.5 Å². The predicted molar refractivity (Wildman–Crippen MR) is 102 cm³/mol. The highest BCUT2D eigenvalue weighted by Crippen LogP contribution is 2.36. The van der Waals surface area contributed by atoms with Crippen LogP contribution in [0.15, 0.2) is 29.5 Å². The van der Waals surface area contributed by atoms with E-state index in [0.29, 0.717) is 34.9 Å². The molecule has 0 radical (unpaired) electrons. The van der Waals surface area contributed by atoms with Gasteiger partial charge in [-0.1, -0.05) is 19.9 Å². The molecule has 7 heteroatoms. The van der Waals surface area contributed by atoms with Crippen molar-refractivity contribution in [2.24, 2.45) is 5.92 Å². The van der Waals surface area contributed by atoms with Crippen molar-refractivity contribution < 1.29 is 23.8 Å². The third kappa shape index (κ3) is 4.72. The number of hydrogen-bond acceptors (Lipinski definition) is 5. The SMILES string of the molecule is CCOc1cc(C2NC(=O)NC(C(C)C)=C2C(=O)OC)ccc1OC(C)C. The van der Waals surface area contributed by atoms with E-state index in [9.17, 15) is 9.59 Å². The lowest BCUT2D eigenvalue weighted by Gasteiger charge is -2.31. The Morgan fingerprint density at radius 1 is 1.19 bits per heavy atom. The predicted octanol–water partition coefficient (Wildman–Crippen LogP) is 3.31. The van der Waals surface area contributed by atoms with Crippen molar-refractivity contribution in [3.63, 3.8) is 0 Å². The maximum Gasteiger partial charge on any atom is 0.337 e. The Hall–Kier alpha value is -2.70. The molecule has 1 aliphatic heterocycles. The Labute approximate surface area is 160 Å². The minimum absolute atomic E-state index is 0.00768. The smallest absolute Gasteiger partial charge is 0.337 e. The molecule has 2 N–H and O–H groups in total. The van der Waals surface area contributed by atoms with Gasteiger partial charge in [-0.15, -0.1) is 0 Å². The van der Waals surface area contributed by atoms with E-state index in [4.69, 9.17) is 14.2 Å². The maximum atomic E-state index is 12.5. The van der Waals surface area contributed by atoms with Crippen molar-refractivity contribution in [3.05, 3.63) is 35.0 Å². The number of rotatable bonds is 7. The summed E-state index contributed by atoms with van der Waals surface area (Å²) in [5.74, 6) is 0.634.